The molecule has 1 saturated heterocycles. The first-order chi connectivity index (χ1) is 10.6. The van der Waals surface area contributed by atoms with Crippen molar-refractivity contribution in [2.24, 2.45) is 5.41 Å². The number of carbonyl (C=O) groups is 2. The van der Waals surface area contributed by atoms with Crippen molar-refractivity contribution in [2.75, 3.05) is 11.5 Å². The van der Waals surface area contributed by atoms with E-state index in [0.717, 1.165) is 12.1 Å². The molecule has 0 saturated carbocycles. The molecule has 7 heteroatoms. The minimum absolute atomic E-state index is 0.00975. The van der Waals surface area contributed by atoms with Crippen LogP contribution in [0, 0.1) is 12.3 Å². The Bertz CT molecular complexity index is 789. The number of nitrogens with one attached hydrogen (secondary N) is 2. The molecule has 1 amide bonds. The van der Waals surface area contributed by atoms with Gasteiger partial charge in [-0.15, -0.1) is 0 Å². The normalized spacial score (nSPS) is 25.2. The van der Waals surface area contributed by atoms with Crippen LogP contribution in [0.15, 0.2) is 0 Å². The first-order valence-electron chi connectivity index (χ1n) is 7.84. The Morgan fingerprint density at radius 3 is 2.61 bits per heavy atom. The molecule has 2 heterocycles. The number of carbonyl (C=O) groups excluding carboxylic acids is 2. The molecule has 2 aliphatic rings. The van der Waals surface area contributed by atoms with Gasteiger partial charge >= 0.3 is 0 Å². The number of sulfone groups is 1. The van der Waals surface area contributed by atoms with Gasteiger partial charge in [0.15, 0.2) is 15.6 Å². The highest BCUT2D eigenvalue weighted by Crippen LogP contribution is 2.36. The molecule has 1 fully saturated rings. The Hall–Kier alpha value is -1.63. The Kier molecular flexibility index (Phi) is 3.66. The van der Waals surface area contributed by atoms with Crippen LogP contribution >= 0.6 is 0 Å². The smallest absolute Gasteiger partial charge is 0.268 e. The minimum Gasteiger partial charge on any atom is -0.354 e. The second-order valence-corrected chi connectivity index (χ2v) is 9.72. The van der Waals surface area contributed by atoms with Crippen molar-refractivity contribution in [2.45, 2.75) is 46.1 Å². The topological polar surface area (TPSA) is 96.1 Å². The number of H-pyrrole nitrogens is 1. The standard InChI is InChI=1S/C16H22N2O4S/c1-9-13-11(6-16(2,3)7-12(13)19)18-14(9)15(20)17-10-4-5-23(21,22)8-10/h10,18H,4-8H2,1-3H3,(H,17,20)/t10-/m1/s1. The number of aromatic nitrogens is 1. The second-order valence-electron chi connectivity index (χ2n) is 7.49. The van der Waals surface area contributed by atoms with Crippen LogP contribution in [-0.2, 0) is 16.3 Å². The second kappa shape index (κ2) is 5.19. The SMILES string of the molecule is Cc1c(C(=O)N[C@@H]2CCS(=O)(=O)C2)[nH]c2c1C(=O)CC(C)(C)C2. The summed E-state index contributed by atoms with van der Waals surface area (Å²) in [4.78, 5) is 27.9. The fourth-order valence-corrected chi connectivity index (χ4v) is 5.30. The lowest BCUT2D eigenvalue weighted by molar-refractivity contribution is 0.0909. The Labute approximate surface area is 136 Å². The highest BCUT2D eigenvalue weighted by Gasteiger charge is 2.36. The molecule has 6 nitrogen and oxygen atoms in total. The Morgan fingerprint density at radius 1 is 1.30 bits per heavy atom. The van der Waals surface area contributed by atoms with E-state index in [9.17, 15) is 18.0 Å². The number of amides is 1. The van der Waals surface area contributed by atoms with Crippen molar-refractivity contribution in [1.29, 1.82) is 0 Å². The molecule has 3 rings (SSSR count). The molecule has 0 unspecified atom stereocenters. The van der Waals surface area contributed by atoms with Crippen molar-refractivity contribution in [3.8, 4) is 0 Å². The molecular formula is C16H22N2O4S. The molecule has 0 radical (unpaired) electrons. The van der Waals surface area contributed by atoms with E-state index in [0.29, 0.717) is 29.7 Å². The summed E-state index contributed by atoms with van der Waals surface area (Å²) in [5, 5.41) is 2.78. The highest BCUT2D eigenvalue weighted by atomic mass is 32.2. The molecule has 1 aromatic heterocycles. The molecule has 0 bridgehead atoms. The number of aromatic amines is 1. The van der Waals surface area contributed by atoms with Gasteiger partial charge in [-0.3, -0.25) is 9.59 Å². The first-order valence-corrected chi connectivity index (χ1v) is 9.66. The van der Waals surface area contributed by atoms with Crippen molar-refractivity contribution >= 4 is 21.5 Å². The third kappa shape index (κ3) is 3.06. The van der Waals surface area contributed by atoms with Crippen LogP contribution in [0.3, 0.4) is 0 Å². The van der Waals surface area contributed by atoms with Crippen molar-refractivity contribution in [3.63, 3.8) is 0 Å². The summed E-state index contributed by atoms with van der Waals surface area (Å²) >= 11 is 0. The number of rotatable bonds is 2. The molecule has 23 heavy (non-hydrogen) atoms. The molecule has 1 aliphatic carbocycles. The predicted molar refractivity (Wildman–Crippen MR) is 86.5 cm³/mol. The van der Waals surface area contributed by atoms with Crippen LogP contribution in [0.2, 0.25) is 0 Å². The fraction of sp³-hybridized carbons (Fsp3) is 0.625. The maximum Gasteiger partial charge on any atom is 0.268 e. The first kappa shape index (κ1) is 16.2. The van der Waals surface area contributed by atoms with Gasteiger partial charge in [0.05, 0.1) is 11.5 Å². The van der Waals surface area contributed by atoms with Gasteiger partial charge < -0.3 is 10.3 Å². The summed E-state index contributed by atoms with van der Waals surface area (Å²) < 4.78 is 23.0. The van der Waals surface area contributed by atoms with Crippen LogP contribution in [0.1, 0.15) is 58.8 Å². The van der Waals surface area contributed by atoms with Crippen LogP contribution in [0.25, 0.3) is 0 Å². The summed E-state index contributed by atoms with van der Waals surface area (Å²) in [5.41, 5.74) is 2.37. The van der Waals surface area contributed by atoms with Gasteiger partial charge in [-0.2, -0.15) is 0 Å². The lowest BCUT2D eigenvalue weighted by Crippen LogP contribution is -2.36. The third-order valence-electron chi connectivity index (χ3n) is 4.70. The minimum atomic E-state index is -3.04. The predicted octanol–water partition coefficient (Wildman–Crippen LogP) is 1.40. The lowest BCUT2D eigenvalue weighted by Gasteiger charge is -2.28. The quantitative estimate of drug-likeness (QED) is 0.852. The van der Waals surface area contributed by atoms with Crippen molar-refractivity contribution in [1.82, 2.24) is 10.3 Å². The molecule has 0 spiro atoms. The molecule has 1 aromatic rings. The summed E-state index contributed by atoms with van der Waals surface area (Å²) in [7, 11) is -3.04. The summed E-state index contributed by atoms with van der Waals surface area (Å²) in [6.45, 7) is 5.84. The maximum atomic E-state index is 12.5. The van der Waals surface area contributed by atoms with Gasteiger partial charge in [-0.25, -0.2) is 8.42 Å². The Balaban J connectivity index is 1.84. The largest absolute Gasteiger partial charge is 0.354 e. The summed E-state index contributed by atoms with van der Waals surface area (Å²) in [6.07, 6.45) is 1.64. The van der Waals surface area contributed by atoms with Crippen LogP contribution in [-0.4, -0.2) is 42.6 Å². The zero-order chi connectivity index (χ0) is 17.0. The molecular weight excluding hydrogens is 316 g/mol. The van der Waals surface area contributed by atoms with E-state index in [2.05, 4.69) is 10.3 Å². The van der Waals surface area contributed by atoms with E-state index in [1.807, 2.05) is 13.8 Å². The number of ketones is 1. The van der Waals surface area contributed by atoms with Crippen LogP contribution < -0.4 is 5.32 Å². The van der Waals surface area contributed by atoms with E-state index in [4.69, 9.17) is 0 Å². The average molecular weight is 338 g/mol. The summed E-state index contributed by atoms with van der Waals surface area (Å²) in [6, 6.07) is -0.348. The van der Waals surface area contributed by atoms with E-state index in [1.54, 1.807) is 6.92 Å². The maximum absolute atomic E-state index is 12.5. The van der Waals surface area contributed by atoms with Gasteiger partial charge in [0.1, 0.15) is 5.69 Å². The van der Waals surface area contributed by atoms with Crippen molar-refractivity contribution in [3.05, 3.63) is 22.5 Å². The molecule has 126 valence electrons. The number of hydrogen-bond acceptors (Lipinski definition) is 4. The average Bonchev–Trinajstić information content (AvgIpc) is 2.88. The van der Waals surface area contributed by atoms with Crippen LogP contribution in [0.5, 0.6) is 0 Å². The van der Waals surface area contributed by atoms with Crippen molar-refractivity contribution < 1.29 is 18.0 Å². The number of Topliss-reactive ketones (excluding diaryl/α,β-unsaturated/α-hetero) is 1. The molecule has 2 N–H and O–H groups in total. The Morgan fingerprint density at radius 2 is 2.00 bits per heavy atom. The van der Waals surface area contributed by atoms with Crippen LogP contribution in [0.4, 0.5) is 0 Å². The van der Waals surface area contributed by atoms with E-state index in [1.165, 1.54) is 0 Å². The van der Waals surface area contributed by atoms with Gasteiger partial charge in [0, 0.05) is 23.7 Å². The van der Waals surface area contributed by atoms with E-state index < -0.39 is 9.84 Å². The molecule has 0 aromatic carbocycles. The zero-order valence-corrected chi connectivity index (χ0v) is 14.5. The van der Waals surface area contributed by atoms with Gasteiger partial charge in [-0.1, -0.05) is 13.8 Å². The van der Waals surface area contributed by atoms with E-state index in [-0.39, 0.29) is 34.7 Å². The molecule has 1 aliphatic heterocycles. The van der Waals surface area contributed by atoms with Gasteiger partial charge in [0.25, 0.3) is 5.91 Å². The van der Waals surface area contributed by atoms with Gasteiger partial charge in [-0.05, 0) is 30.7 Å². The number of fused-ring (bicyclic) bond motifs is 1. The number of hydrogen-bond donors (Lipinski definition) is 2. The zero-order valence-electron chi connectivity index (χ0n) is 13.7. The highest BCUT2D eigenvalue weighted by molar-refractivity contribution is 7.91. The lowest BCUT2D eigenvalue weighted by atomic mass is 9.75. The van der Waals surface area contributed by atoms with Gasteiger partial charge in [0.2, 0.25) is 0 Å². The summed E-state index contributed by atoms with van der Waals surface area (Å²) in [5.74, 6) is -0.160. The van der Waals surface area contributed by atoms with E-state index >= 15 is 0 Å². The molecule has 1 atom stereocenters. The monoisotopic (exact) mass is 338 g/mol. The fourth-order valence-electron chi connectivity index (χ4n) is 3.63. The third-order valence-corrected chi connectivity index (χ3v) is 6.46.